The molecule has 0 radical (unpaired) electrons. The minimum Gasteiger partial charge on any atom is -0.464 e. The van der Waals surface area contributed by atoms with Gasteiger partial charge in [0.15, 0.2) is 5.82 Å². The molecule has 0 amide bonds. The molecule has 0 bridgehead atoms. The molecule has 9 heteroatoms. The third-order valence-electron chi connectivity index (χ3n) is 2.38. The first-order chi connectivity index (χ1) is 9.65. The highest BCUT2D eigenvalue weighted by molar-refractivity contribution is 7.98. The first-order valence-corrected chi connectivity index (χ1v) is 7.38. The minimum absolute atomic E-state index is 0. The highest BCUT2D eigenvalue weighted by Gasteiger charge is 2.02. The molecular weight excluding hydrogens is 316 g/mol. The van der Waals surface area contributed by atoms with Crippen LogP contribution < -0.4 is 16.0 Å². The number of thioether (sulfide) groups is 1. The number of nitrogens with zero attached hydrogens (tertiary/aromatic N) is 1. The Morgan fingerprint density at radius 1 is 1.43 bits per heavy atom. The van der Waals surface area contributed by atoms with E-state index in [0.717, 1.165) is 35.8 Å². The SMILES string of the molecule is CNCc1ccc(CSCCNC(=C[N+](=O)[O-])NC)o1.Cl. The summed E-state index contributed by atoms with van der Waals surface area (Å²) in [6.07, 6.45) is 0.918. The molecule has 0 aliphatic rings. The number of nitro groups is 1. The molecule has 0 saturated carbocycles. The molecule has 0 aromatic carbocycles. The van der Waals surface area contributed by atoms with Crippen LogP contribution in [0.3, 0.4) is 0 Å². The van der Waals surface area contributed by atoms with Crippen molar-refractivity contribution in [2.45, 2.75) is 12.3 Å². The van der Waals surface area contributed by atoms with Crippen molar-refractivity contribution in [3.05, 3.63) is 45.8 Å². The summed E-state index contributed by atoms with van der Waals surface area (Å²) in [4.78, 5) is 9.84. The number of halogens is 1. The van der Waals surface area contributed by atoms with Crippen LogP contribution in [0.15, 0.2) is 28.6 Å². The Morgan fingerprint density at radius 3 is 2.76 bits per heavy atom. The highest BCUT2D eigenvalue weighted by Crippen LogP contribution is 2.15. The quantitative estimate of drug-likeness (QED) is 0.339. The van der Waals surface area contributed by atoms with Gasteiger partial charge >= 0.3 is 0 Å². The van der Waals surface area contributed by atoms with Crippen LogP contribution in [0.5, 0.6) is 0 Å². The van der Waals surface area contributed by atoms with E-state index >= 15 is 0 Å². The lowest BCUT2D eigenvalue weighted by molar-refractivity contribution is -0.404. The Morgan fingerprint density at radius 2 is 2.14 bits per heavy atom. The molecule has 0 aliphatic carbocycles. The van der Waals surface area contributed by atoms with E-state index in [0.29, 0.717) is 12.4 Å². The van der Waals surface area contributed by atoms with Crippen LogP contribution in [-0.2, 0) is 12.3 Å². The van der Waals surface area contributed by atoms with Gasteiger partial charge in [0.25, 0.3) is 6.20 Å². The third-order valence-corrected chi connectivity index (χ3v) is 3.36. The van der Waals surface area contributed by atoms with Gasteiger partial charge in [-0.1, -0.05) is 0 Å². The molecule has 7 nitrogen and oxygen atoms in total. The summed E-state index contributed by atoms with van der Waals surface area (Å²) >= 11 is 1.71. The van der Waals surface area contributed by atoms with Crippen LogP contribution in [0.1, 0.15) is 11.5 Å². The Labute approximate surface area is 134 Å². The van der Waals surface area contributed by atoms with Gasteiger partial charge in [0.05, 0.1) is 17.2 Å². The standard InChI is InChI=1S/C12H20N4O3S.ClH/c1-13-7-10-3-4-11(19-10)9-20-6-5-15-12(14-2)8-16(17)18;/h3-4,8,13-15H,5-7,9H2,1-2H3;1H. The maximum absolute atomic E-state index is 10.3. The van der Waals surface area contributed by atoms with E-state index in [2.05, 4.69) is 16.0 Å². The Balaban J connectivity index is 0.00000400. The van der Waals surface area contributed by atoms with E-state index in [9.17, 15) is 10.1 Å². The molecule has 0 aliphatic heterocycles. The number of furan rings is 1. The van der Waals surface area contributed by atoms with E-state index in [1.54, 1.807) is 18.8 Å². The van der Waals surface area contributed by atoms with Crippen molar-refractivity contribution >= 4 is 24.2 Å². The molecule has 21 heavy (non-hydrogen) atoms. The topological polar surface area (TPSA) is 92.4 Å². The normalized spacial score (nSPS) is 10.9. The molecule has 1 rings (SSSR count). The smallest absolute Gasteiger partial charge is 0.274 e. The second-order valence-electron chi connectivity index (χ2n) is 3.96. The van der Waals surface area contributed by atoms with Crippen molar-refractivity contribution in [2.24, 2.45) is 0 Å². The predicted octanol–water partition coefficient (Wildman–Crippen LogP) is 1.54. The Bertz CT molecular complexity index is 453. The van der Waals surface area contributed by atoms with Crippen LogP contribution in [-0.4, -0.2) is 31.3 Å². The van der Waals surface area contributed by atoms with Crippen molar-refractivity contribution in [1.29, 1.82) is 0 Å². The largest absolute Gasteiger partial charge is 0.464 e. The predicted molar refractivity (Wildman–Crippen MR) is 87.0 cm³/mol. The molecule has 1 heterocycles. The lowest BCUT2D eigenvalue weighted by Crippen LogP contribution is -2.26. The molecule has 0 saturated heterocycles. The average Bonchev–Trinajstić information content (AvgIpc) is 2.84. The van der Waals surface area contributed by atoms with Crippen molar-refractivity contribution < 1.29 is 9.34 Å². The van der Waals surface area contributed by atoms with E-state index in [4.69, 9.17) is 4.42 Å². The molecule has 0 atom stereocenters. The van der Waals surface area contributed by atoms with Gasteiger partial charge in [-0.25, -0.2) is 0 Å². The fourth-order valence-corrected chi connectivity index (χ4v) is 2.25. The van der Waals surface area contributed by atoms with E-state index in [1.165, 1.54) is 0 Å². The molecule has 1 aromatic rings. The first kappa shape index (κ1) is 19.6. The van der Waals surface area contributed by atoms with Gasteiger partial charge in [0.1, 0.15) is 11.5 Å². The molecule has 120 valence electrons. The summed E-state index contributed by atoms with van der Waals surface area (Å²) < 4.78 is 5.61. The molecule has 0 spiro atoms. The van der Waals surface area contributed by atoms with Crippen LogP contribution in [0, 0.1) is 10.1 Å². The van der Waals surface area contributed by atoms with Crippen LogP contribution in [0.2, 0.25) is 0 Å². The van der Waals surface area contributed by atoms with Crippen molar-refractivity contribution in [2.75, 3.05) is 26.4 Å². The monoisotopic (exact) mass is 336 g/mol. The molecule has 3 N–H and O–H groups in total. The van der Waals surface area contributed by atoms with Crippen molar-refractivity contribution in [1.82, 2.24) is 16.0 Å². The zero-order chi connectivity index (χ0) is 14.8. The second kappa shape index (κ2) is 11.3. The van der Waals surface area contributed by atoms with Gasteiger partial charge in [-0.3, -0.25) is 10.1 Å². The third kappa shape index (κ3) is 8.49. The summed E-state index contributed by atoms with van der Waals surface area (Å²) in [5.74, 6) is 3.89. The van der Waals surface area contributed by atoms with Gasteiger partial charge in [-0.15, -0.1) is 12.4 Å². The average molecular weight is 337 g/mol. The summed E-state index contributed by atoms with van der Waals surface area (Å²) in [5, 5.41) is 19.0. The molecule has 0 fully saturated rings. The second-order valence-corrected chi connectivity index (χ2v) is 5.06. The summed E-state index contributed by atoms with van der Waals surface area (Å²) in [6, 6.07) is 3.93. The lowest BCUT2D eigenvalue weighted by Gasteiger charge is -2.07. The number of nitrogens with one attached hydrogen (secondary N) is 3. The zero-order valence-corrected chi connectivity index (χ0v) is 13.7. The molecular formula is C12H21ClN4O3S. The lowest BCUT2D eigenvalue weighted by atomic mass is 10.4. The summed E-state index contributed by atoms with van der Waals surface area (Å²) in [5.41, 5.74) is 0. The van der Waals surface area contributed by atoms with Gasteiger partial charge in [0, 0.05) is 19.3 Å². The molecule has 0 unspecified atom stereocenters. The van der Waals surface area contributed by atoms with E-state index in [-0.39, 0.29) is 12.4 Å². The molecule has 1 aromatic heterocycles. The number of rotatable bonds is 10. The van der Waals surface area contributed by atoms with Crippen molar-refractivity contribution in [3.63, 3.8) is 0 Å². The fraction of sp³-hybridized carbons (Fsp3) is 0.500. The maximum Gasteiger partial charge on any atom is 0.274 e. The minimum atomic E-state index is -0.488. The Hall–Kier alpha value is -1.38. The van der Waals surface area contributed by atoms with Gasteiger partial charge in [0.2, 0.25) is 0 Å². The van der Waals surface area contributed by atoms with E-state index in [1.807, 2.05) is 19.2 Å². The van der Waals surface area contributed by atoms with E-state index < -0.39 is 4.92 Å². The number of hydrogen-bond acceptors (Lipinski definition) is 7. The van der Waals surface area contributed by atoms with Crippen LogP contribution in [0.25, 0.3) is 0 Å². The summed E-state index contributed by atoms with van der Waals surface area (Å²) in [6.45, 7) is 1.37. The Kier molecular flexibility index (Phi) is 10.6. The van der Waals surface area contributed by atoms with Gasteiger partial charge in [-0.2, -0.15) is 11.8 Å². The van der Waals surface area contributed by atoms with Crippen LogP contribution in [0.4, 0.5) is 0 Å². The summed E-state index contributed by atoms with van der Waals surface area (Å²) in [7, 11) is 3.52. The number of hydrogen-bond donors (Lipinski definition) is 3. The zero-order valence-electron chi connectivity index (χ0n) is 12.0. The van der Waals surface area contributed by atoms with Crippen LogP contribution >= 0.6 is 24.2 Å². The van der Waals surface area contributed by atoms with Gasteiger partial charge < -0.3 is 20.4 Å². The first-order valence-electron chi connectivity index (χ1n) is 6.22. The maximum atomic E-state index is 10.3. The highest BCUT2D eigenvalue weighted by atomic mass is 35.5. The van der Waals surface area contributed by atoms with Crippen molar-refractivity contribution in [3.8, 4) is 0 Å². The fourth-order valence-electron chi connectivity index (χ4n) is 1.50. The van der Waals surface area contributed by atoms with Gasteiger partial charge in [-0.05, 0) is 19.2 Å².